The third-order valence-corrected chi connectivity index (χ3v) is 2.19. The number of rotatable bonds is 3. The van der Waals surface area contributed by atoms with E-state index >= 15 is 0 Å². The summed E-state index contributed by atoms with van der Waals surface area (Å²) in [5.41, 5.74) is -1.49. The lowest BCUT2D eigenvalue weighted by molar-refractivity contribution is -0.0116. The number of hydrogen-bond donors (Lipinski definition) is 2. The molecule has 0 bridgehead atoms. The molecule has 3 nitrogen and oxygen atoms in total. The van der Waals surface area contributed by atoms with Gasteiger partial charge >= 0.3 is 0 Å². The zero-order valence-electron chi connectivity index (χ0n) is 8.46. The molecule has 2 N–H and O–H groups in total. The van der Waals surface area contributed by atoms with Gasteiger partial charge in [-0.2, -0.15) is 5.26 Å². The zero-order valence-corrected chi connectivity index (χ0v) is 8.46. The maximum atomic E-state index is 10.0. The highest BCUT2D eigenvalue weighted by Crippen LogP contribution is 2.24. The Hall–Kier alpha value is -1.63. The van der Waals surface area contributed by atoms with Crippen LogP contribution in [0.25, 0.3) is 0 Å². The molecular weight excluding hydrogens is 190 g/mol. The number of aliphatic hydroxyl groups is 2. The summed E-state index contributed by atoms with van der Waals surface area (Å²) in [4.78, 5) is 0. The van der Waals surface area contributed by atoms with Gasteiger partial charge in [0.1, 0.15) is 12.2 Å². The van der Waals surface area contributed by atoms with Gasteiger partial charge in [-0.15, -0.1) is 0 Å². The lowest BCUT2D eigenvalue weighted by atomic mass is 9.89. The molecule has 0 saturated carbocycles. The van der Waals surface area contributed by atoms with Crippen LogP contribution in [0, 0.1) is 11.3 Å². The summed E-state index contributed by atoms with van der Waals surface area (Å²) in [5, 5.41) is 28.6. The Morgan fingerprint density at radius 2 is 2.00 bits per heavy atom. The number of aliphatic hydroxyl groups excluding tert-OH is 1. The molecule has 78 valence electrons. The maximum Gasteiger partial charge on any atom is 0.206 e. The number of hydrogen-bond acceptors (Lipinski definition) is 3. The molecule has 0 aromatic heterocycles. The summed E-state index contributed by atoms with van der Waals surface area (Å²) in [7, 11) is 0. The minimum absolute atomic E-state index is 0.387. The predicted octanol–water partition coefficient (Wildman–Crippen LogP) is 1.33. The number of allylic oxidation sites excluding steroid dienone is 1. The summed E-state index contributed by atoms with van der Waals surface area (Å²) in [6, 6.07) is 10.1. The second-order valence-corrected chi connectivity index (χ2v) is 3.21. The molecule has 2 unspecified atom stereocenters. The van der Waals surface area contributed by atoms with Gasteiger partial charge in [-0.05, 0) is 6.92 Å². The number of benzene rings is 1. The second-order valence-electron chi connectivity index (χ2n) is 3.21. The lowest BCUT2D eigenvalue weighted by Gasteiger charge is -2.24. The third-order valence-electron chi connectivity index (χ3n) is 2.19. The Kier molecular flexibility index (Phi) is 3.62. The predicted molar refractivity (Wildman–Crippen MR) is 56.8 cm³/mol. The fourth-order valence-electron chi connectivity index (χ4n) is 1.32. The van der Waals surface area contributed by atoms with Crippen LogP contribution in [0.1, 0.15) is 12.5 Å². The molecule has 0 aliphatic carbocycles. The molecule has 0 amide bonds. The van der Waals surface area contributed by atoms with Gasteiger partial charge in [0, 0.05) is 5.56 Å². The Balaban J connectivity index is 3.12. The normalized spacial score (nSPS) is 16.9. The maximum absolute atomic E-state index is 10.0. The Morgan fingerprint density at radius 1 is 1.40 bits per heavy atom. The lowest BCUT2D eigenvalue weighted by Crippen LogP contribution is -2.36. The van der Waals surface area contributed by atoms with Crippen LogP contribution in [0.5, 0.6) is 0 Å². The number of nitriles is 1. The average Bonchev–Trinajstić information content (AvgIpc) is 2.29. The third kappa shape index (κ3) is 2.24. The van der Waals surface area contributed by atoms with Crippen molar-refractivity contribution in [3.05, 3.63) is 48.0 Å². The minimum Gasteiger partial charge on any atom is -0.384 e. The molecule has 1 aromatic rings. The van der Waals surface area contributed by atoms with E-state index in [2.05, 4.69) is 0 Å². The zero-order chi connectivity index (χ0) is 11.3. The van der Waals surface area contributed by atoms with Gasteiger partial charge in [0.25, 0.3) is 0 Å². The summed E-state index contributed by atoms with van der Waals surface area (Å²) < 4.78 is 0. The van der Waals surface area contributed by atoms with Crippen molar-refractivity contribution in [2.24, 2.45) is 0 Å². The summed E-state index contributed by atoms with van der Waals surface area (Å²) in [6.07, 6.45) is 1.75. The van der Waals surface area contributed by atoms with E-state index in [4.69, 9.17) is 5.26 Å². The molecule has 0 spiro atoms. The molecule has 0 heterocycles. The van der Waals surface area contributed by atoms with E-state index in [-0.39, 0.29) is 0 Å². The van der Waals surface area contributed by atoms with Crippen molar-refractivity contribution in [3.8, 4) is 6.07 Å². The fourth-order valence-corrected chi connectivity index (χ4v) is 1.32. The molecule has 0 radical (unpaired) electrons. The molecule has 2 atom stereocenters. The van der Waals surface area contributed by atoms with E-state index in [1.54, 1.807) is 49.4 Å². The van der Waals surface area contributed by atoms with E-state index < -0.39 is 11.7 Å². The van der Waals surface area contributed by atoms with Crippen LogP contribution in [-0.2, 0) is 5.60 Å². The van der Waals surface area contributed by atoms with Crippen LogP contribution in [0.2, 0.25) is 0 Å². The fraction of sp³-hybridized carbons (Fsp3) is 0.250. The first-order valence-corrected chi connectivity index (χ1v) is 4.65. The van der Waals surface area contributed by atoms with Crippen LogP contribution in [0.4, 0.5) is 0 Å². The minimum atomic E-state index is -1.88. The van der Waals surface area contributed by atoms with Gasteiger partial charge in [-0.1, -0.05) is 42.5 Å². The highest BCUT2D eigenvalue weighted by molar-refractivity contribution is 5.31. The smallest absolute Gasteiger partial charge is 0.206 e. The van der Waals surface area contributed by atoms with E-state index in [0.717, 1.165) is 0 Å². The van der Waals surface area contributed by atoms with Crippen molar-refractivity contribution in [1.82, 2.24) is 0 Å². The molecule has 15 heavy (non-hydrogen) atoms. The van der Waals surface area contributed by atoms with Crippen LogP contribution in [0.15, 0.2) is 42.5 Å². The summed E-state index contributed by atoms with van der Waals surface area (Å²) >= 11 is 0. The summed E-state index contributed by atoms with van der Waals surface area (Å²) in [6.45, 7) is 1.71. The first kappa shape index (κ1) is 11.4. The SMILES string of the molecule is CC=CC(O)C(O)(C#N)c1ccccc1. The molecule has 0 fully saturated rings. The molecular formula is C12H13NO2. The van der Waals surface area contributed by atoms with Crippen molar-refractivity contribution < 1.29 is 10.2 Å². The average molecular weight is 203 g/mol. The second kappa shape index (κ2) is 4.74. The van der Waals surface area contributed by atoms with Crippen LogP contribution >= 0.6 is 0 Å². The van der Waals surface area contributed by atoms with E-state index in [1.807, 2.05) is 0 Å². The van der Waals surface area contributed by atoms with Crippen molar-refractivity contribution in [2.45, 2.75) is 18.6 Å². The van der Waals surface area contributed by atoms with Crippen molar-refractivity contribution in [3.63, 3.8) is 0 Å². The highest BCUT2D eigenvalue weighted by atomic mass is 16.3. The molecule has 3 heteroatoms. The van der Waals surface area contributed by atoms with Crippen molar-refractivity contribution in [1.29, 1.82) is 5.26 Å². The standard InChI is InChI=1S/C12H13NO2/c1-2-6-11(14)12(15,9-13)10-7-4-3-5-8-10/h2-8,11,14-15H,1H3. The van der Waals surface area contributed by atoms with E-state index in [9.17, 15) is 10.2 Å². The van der Waals surface area contributed by atoms with Gasteiger partial charge in [-0.25, -0.2) is 0 Å². The first-order chi connectivity index (χ1) is 7.15. The Bertz CT molecular complexity index is 380. The molecule has 1 aromatic carbocycles. The number of nitrogens with zero attached hydrogens (tertiary/aromatic N) is 1. The van der Waals surface area contributed by atoms with Gasteiger partial charge in [0.05, 0.1) is 0 Å². The first-order valence-electron chi connectivity index (χ1n) is 4.65. The molecule has 1 rings (SSSR count). The molecule has 0 aliphatic rings. The van der Waals surface area contributed by atoms with Crippen LogP contribution in [0.3, 0.4) is 0 Å². The van der Waals surface area contributed by atoms with E-state index in [0.29, 0.717) is 5.56 Å². The van der Waals surface area contributed by atoms with Gasteiger partial charge < -0.3 is 10.2 Å². The van der Waals surface area contributed by atoms with Crippen molar-refractivity contribution in [2.75, 3.05) is 0 Å². The Labute approximate surface area is 88.9 Å². The monoisotopic (exact) mass is 203 g/mol. The van der Waals surface area contributed by atoms with Crippen LogP contribution < -0.4 is 0 Å². The summed E-state index contributed by atoms with van der Waals surface area (Å²) in [5.74, 6) is 0. The van der Waals surface area contributed by atoms with E-state index in [1.165, 1.54) is 6.08 Å². The quantitative estimate of drug-likeness (QED) is 0.575. The van der Waals surface area contributed by atoms with Crippen molar-refractivity contribution >= 4 is 0 Å². The van der Waals surface area contributed by atoms with Crippen LogP contribution in [-0.4, -0.2) is 16.3 Å². The van der Waals surface area contributed by atoms with Gasteiger partial charge in [-0.3, -0.25) is 0 Å². The molecule has 0 aliphatic heterocycles. The van der Waals surface area contributed by atoms with Gasteiger partial charge in [0.15, 0.2) is 0 Å². The topological polar surface area (TPSA) is 64.2 Å². The highest BCUT2D eigenvalue weighted by Gasteiger charge is 2.36. The Morgan fingerprint density at radius 3 is 2.47 bits per heavy atom. The molecule has 0 saturated heterocycles. The van der Waals surface area contributed by atoms with Gasteiger partial charge in [0.2, 0.25) is 5.60 Å². The largest absolute Gasteiger partial charge is 0.384 e.